The molecule has 11 aromatic rings. The molecule has 1 aliphatic carbocycles. The molecule has 0 bridgehead atoms. The molecule has 3 heterocycles. The number of aromatic nitrogens is 2. The van der Waals surface area contributed by atoms with Crippen molar-refractivity contribution in [1.29, 1.82) is 0 Å². The average molecular weight is 681 g/mol. The van der Waals surface area contributed by atoms with Gasteiger partial charge in [0.05, 0.1) is 21.3 Å². The lowest BCUT2D eigenvalue weighted by atomic mass is 9.94. The fourth-order valence-corrected chi connectivity index (χ4v) is 10.9. The Morgan fingerprint density at radius 1 is 0.442 bits per heavy atom. The molecule has 8 aromatic carbocycles. The van der Waals surface area contributed by atoms with Gasteiger partial charge in [0.1, 0.15) is 0 Å². The van der Waals surface area contributed by atoms with E-state index in [1.165, 1.54) is 114 Å². The first-order chi connectivity index (χ1) is 25.7. The molecule has 244 valence electrons. The van der Waals surface area contributed by atoms with Crippen molar-refractivity contribution in [2.45, 2.75) is 19.9 Å². The Morgan fingerprint density at radius 2 is 1.06 bits per heavy atom. The maximum atomic E-state index is 2.59. The SMILES string of the molecule is CC(C)n1c2ccccc2c2c3c(c4ccccc4n3-c3cccc(-c4ccc5c6c(cccc46)-c4ccccc4-5)c3)c3c4ccccc4sc3c21. The van der Waals surface area contributed by atoms with Crippen LogP contribution >= 0.6 is 11.3 Å². The van der Waals surface area contributed by atoms with Gasteiger partial charge in [-0.25, -0.2) is 0 Å². The normalized spacial score (nSPS) is 12.6. The van der Waals surface area contributed by atoms with Crippen molar-refractivity contribution >= 4 is 85.9 Å². The smallest absolute Gasteiger partial charge is 0.0697 e. The lowest BCUT2D eigenvalue weighted by Crippen LogP contribution is -2.00. The van der Waals surface area contributed by atoms with Crippen LogP contribution in [0.15, 0.2) is 152 Å². The first-order valence-electron chi connectivity index (χ1n) is 18.2. The number of benzene rings is 8. The van der Waals surface area contributed by atoms with Gasteiger partial charge in [-0.2, -0.15) is 0 Å². The van der Waals surface area contributed by atoms with Gasteiger partial charge in [-0.15, -0.1) is 11.3 Å². The Morgan fingerprint density at radius 3 is 1.87 bits per heavy atom. The largest absolute Gasteiger partial charge is 0.337 e. The van der Waals surface area contributed by atoms with Crippen molar-refractivity contribution in [3.05, 3.63) is 152 Å². The zero-order chi connectivity index (χ0) is 34.2. The molecule has 0 fully saturated rings. The molecule has 1 aliphatic rings. The molecule has 2 nitrogen and oxygen atoms in total. The third-order valence-corrected chi connectivity index (χ3v) is 12.7. The van der Waals surface area contributed by atoms with E-state index >= 15 is 0 Å². The van der Waals surface area contributed by atoms with Crippen molar-refractivity contribution in [3.8, 4) is 39.1 Å². The summed E-state index contributed by atoms with van der Waals surface area (Å²) in [7, 11) is 0. The molecule has 3 heteroatoms. The number of nitrogens with zero attached hydrogens (tertiary/aromatic N) is 2. The molecular formula is C49H32N2S. The first kappa shape index (κ1) is 28.5. The number of fused-ring (bicyclic) bond motifs is 15. The molecule has 0 saturated carbocycles. The van der Waals surface area contributed by atoms with E-state index in [1.807, 2.05) is 11.3 Å². The molecule has 52 heavy (non-hydrogen) atoms. The van der Waals surface area contributed by atoms with E-state index < -0.39 is 0 Å². The average Bonchev–Trinajstić information content (AvgIpc) is 3.93. The molecule has 0 spiro atoms. The van der Waals surface area contributed by atoms with Gasteiger partial charge < -0.3 is 9.13 Å². The minimum Gasteiger partial charge on any atom is -0.337 e. The summed E-state index contributed by atoms with van der Waals surface area (Å²) < 4.78 is 7.86. The number of rotatable bonds is 3. The molecule has 0 atom stereocenters. The summed E-state index contributed by atoms with van der Waals surface area (Å²) in [5.74, 6) is 0. The van der Waals surface area contributed by atoms with Crippen LogP contribution in [-0.4, -0.2) is 9.13 Å². The molecule has 0 radical (unpaired) electrons. The number of para-hydroxylation sites is 2. The van der Waals surface area contributed by atoms with E-state index in [-0.39, 0.29) is 0 Å². The predicted molar refractivity (Wildman–Crippen MR) is 224 cm³/mol. The highest BCUT2D eigenvalue weighted by Gasteiger charge is 2.27. The highest BCUT2D eigenvalue weighted by atomic mass is 32.1. The van der Waals surface area contributed by atoms with Gasteiger partial charge in [0.15, 0.2) is 0 Å². The first-order valence-corrected chi connectivity index (χ1v) is 19.0. The van der Waals surface area contributed by atoms with Crippen LogP contribution in [0.3, 0.4) is 0 Å². The van der Waals surface area contributed by atoms with E-state index in [2.05, 4.69) is 175 Å². The second-order valence-electron chi connectivity index (χ2n) is 14.6. The van der Waals surface area contributed by atoms with Crippen LogP contribution in [0.2, 0.25) is 0 Å². The van der Waals surface area contributed by atoms with Gasteiger partial charge in [-0.1, -0.05) is 121 Å². The Kier molecular flexibility index (Phi) is 5.61. The van der Waals surface area contributed by atoms with Crippen LogP contribution in [0.4, 0.5) is 0 Å². The standard InChI is InChI=1S/C49H32N2S/c1-28(2)50-40-22-8-6-18-38(40)46-47-44(45-39-19-7-10-24-42(39)52-49(45)48(46)50)37-17-5-9-23-41(37)51(47)30-14-11-13-29(27-30)31-25-26-36-33-16-4-3-15-32(33)35-21-12-20-34(31)43(35)36/h3-28H,1-2H3. The number of hydrogen-bond donors (Lipinski definition) is 0. The molecule has 0 saturated heterocycles. The van der Waals surface area contributed by atoms with Gasteiger partial charge in [0.25, 0.3) is 0 Å². The second kappa shape index (κ2) is 10.2. The fourth-order valence-electron chi connectivity index (χ4n) is 9.59. The van der Waals surface area contributed by atoms with Gasteiger partial charge in [0, 0.05) is 54.3 Å². The highest BCUT2D eigenvalue weighted by Crippen LogP contribution is 2.52. The quantitative estimate of drug-likeness (QED) is 0.176. The van der Waals surface area contributed by atoms with Crippen LogP contribution in [0.1, 0.15) is 19.9 Å². The molecule has 0 amide bonds. The second-order valence-corrected chi connectivity index (χ2v) is 15.6. The van der Waals surface area contributed by atoms with Crippen molar-refractivity contribution in [2.24, 2.45) is 0 Å². The van der Waals surface area contributed by atoms with Gasteiger partial charge in [-0.05, 0) is 88.3 Å². The zero-order valence-electron chi connectivity index (χ0n) is 28.8. The summed E-state index contributed by atoms with van der Waals surface area (Å²) >= 11 is 1.94. The minimum atomic E-state index is 0.296. The molecule has 3 aromatic heterocycles. The molecule has 12 rings (SSSR count). The monoisotopic (exact) mass is 680 g/mol. The van der Waals surface area contributed by atoms with E-state index in [4.69, 9.17) is 0 Å². The zero-order valence-corrected chi connectivity index (χ0v) is 29.6. The van der Waals surface area contributed by atoms with E-state index in [0.717, 1.165) is 0 Å². The summed E-state index contributed by atoms with van der Waals surface area (Å²) in [4.78, 5) is 0. The Labute approximate surface area is 304 Å². The third kappa shape index (κ3) is 3.54. The Bertz CT molecular complexity index is 3300. The van der Waals surface area contributed by atoms with Crippen molar-refractivity contribution in [1.82, 2.24) is 9.13 Å². The molecule has 0 aliphatic heterocycles. The topological polar surface area (TPSA) is 9.86 Å². The number of hydrogen-bond acceptors (Lipinski definition) is 1. The summed E-state index contributed by atoms with van der Waals surface area (Å²) in [6, 6.07) is 56.9. The highest BCUT2D eigenvalue weighted by molar-refractivity contribution is 7.27. The van der Waals surface area contributed by atoms with Crippen LogP contribution in [0, 0.1) is 0 Å². The molecule has 0 unspecified atom stereocenters. The van der Waals surface area contributed by atoms with Crippen LogP contribution in [0.25, 0.3) is 114 Å². The van der Waals surface area contributed by atoms with E-state index in [9.17, 15) is 0 Å². The Balaban J connectivity index is 1.24. The van der Waals surface area contributed by atoms with Gasteiger partial charge in [-0.3, -0.25) is 0 Å². The number of thiophene rings is 1. The maximum absolute atomic E-state index is 2.59. The summed E-state index contributed by atoms with van der Waals surface area (Å²) in [6.45, 7) is 4.65. The minimum absolute atomic E-state index is 0.296. The van der Waals surface area contributed by atoms with E-state index in [0.29, 0.717) is 6.04 Å². The predicted octanol–water partition coefficient (Wildman–Crippen LogP) is 14.3. The van der Waals surface area contributed by atoms with Gasteiger partial charge >= 0.3 is 0 Å². The summed E-state index contributed by atoms with van der Waals surface area (Å²) in [5, 5.41) is 10.6. The lowest BCUT2D eigenvalue weighted by Gasteiger charge is -2.15. The summed E-state index contributed by atoms with van der Waals surface area (Å²) in [6.07, 6.45) is 0. The van der Waals surface area contributed by atoms with Crippen molar-refractivity contribution in [3.63, 3.8) is 0 Å². The van der Waals surface area contributed by atoms with Crippen LogP contribution in [0.5, 0.6) is 0 Å². The molecule has 0 N–H and O–H groups in total. The van der Waals surface area contributed by atoms with Crippen LogP contribution in [-0.2, 0) is 0 Å². The lowest BCUT2D eigenvalue weighted by molar-refractivity contribution is 0.644. The fraction of sp³-hybridized carbons (Fsp3) is 0.0612. The molecular weight excluding hydrogens is 649 g/mol. The van der Waals surface area contributed by atoms with Crippen LogP contribution < -0.4 is 0 Å². The van der Waals surface area contributed by atoms with Crippen molar-refractivity contribution in [2.75, 3.05) is 0 Å². The maximum Gasteiger partial charge on any atom is 0.0697 e. The van der Waals surface area contributed by atoms with Crippen molar-refractivity contribution < 1.29 is 0 Å². The third-order valence-electron chi connectivity index (χ3n) is 11.6. The van der Waals surface area contributed by atoms with E-state index in [1.54, 1.807) is 0 Å². The van der Waals surface area contributed by atoms with Gasteiger partial charge in [0.2, 0.25) is 0 Å². The Hall–Kier alpha value is -6.16. The summed E-state index contributed by atoms with van der Waals surface area (Å²) in [5.41, 5.74) is 14.1.